The van der Waals surface area contributed by atoms with Gasteiger partial charge in [-0.05, 0) is 36.4 Å². The van der Waals surface area contributed by atoms with Crippen LogP contribution in [0.3, 0.4) is 0 Å². The van der Waals surface area contributed by atoms with Crippen molar-refractivity contribution in [1.29, 1.82) is 0 Å². The Kier molecular flexibility index (Phi) is 10.6. The topological polar surface area (TPSA) is 133 Å². The van der Waals surface area contributed by atoms with Gasteiger partial charge in [-0.1, -0.05) is 0 Å². The van der Waals surface area contributed by atoms with Gasteiger partial charge in [-0.3, -0.25) is 10.1 Å². The summed E-state index contributed by atoms with van der Waals surface area (Å²) in [6.45, 7) is 2.70. The Morgan fingerprint density at radius 2 is 1.16 bits per heavy atom. The second-order valence-corrected chi connectivity index (χ2v) is 7.86. The minimum atomic E-state index is -0.475. The van der Waals surface area contributed by atoms with Crippen molar-refractivity contribution >= 4 is 34.1 Å². The van der Waals surface area contributed by atoms with Crippen LogP contribution < -0.4 is 14.4 Å². The second kappa shape index (κ2) is 14.4. The molecule has 0 fully saturated rings. The summed E-state index contributed by atoms with van der Waals surface area (Å²) >= 11 is 0. The maximum absolute atomic E-state index is 10.8. The SMILES string of the molecule is COCCN(CCOC)c1ccc(/N=N/c2cc(OC)c(/N=N/c3ccc([N+](=O)[O-])cc3)cc2OC)cc1. The molecule has 0 aliphatic carbocycles. The lowest BCUT2D eigenvalue weighted by molar-refractivity contribution is -0.384. The van der Waals surface area contributed by atoms with Crippen molar-refractivity contribution in [3.63, 3.8) is 0 Å². The number of methoxy groups -OCH3 is 4. The third-order valence-electron chi connectivity index (χ3n) is 5.43. The molecule has 0 heterocycles. The van der Waals surface area contributed by atoms with Gasteiger partial charge < -0.3 is 23.8 Å². The number of hydrogen-bond acceptors (Lipinski definition) is 11. The van der Waals surface area contributed by atoms with E-state index in [2.05, 4.69) is 25.4 Å². The van der Waals surface area contributed by atoms with E-state index in [9.17, 15) is 10.1 Å². The van der Waals surface area contributed by atoms with Gasteiger partial charge in [0.1, 0.15) is 22.9 Å². The minimum Gasteiger partial charge on any atom is -0.494 e. The molecule has 12 nitrogen and oxygen atoms in total. The molecule has 0 N–H and O–H groups in total. The Hall–Kier alpha value is -4.42. The third kappa shape index (κ3) is 7.79. The number of nitro groups is 1. The summed E-state index contributed by atoms with van der Waals surface area (Å²) in [7, 11) is 6.37. The van der Waals surface area contributed by atoms with Gasteiger partial charge >= 0.3 is 0 Å². The molecule has 38 heavy (non-hydrogen) atoms. The number of non-ortho nitro benzene ring substituents is 1. The first-order chi connectivity index (χ1) is 18.5. The summed E-state index contributed by atoms with van der Waals surface area (Å²) in [5.41, 5.74) is 2.96. The van der Waals surface area contributed by atoms with Crippen LogP contribution in [0.15, 0.2) is 81.1 Å². The van der Waals surface area contributed by atoms with Crippen LogP contribution in [0, 0.1) is 10.1 Å². The lowest BCUT2D eigenvalue weighted by Crippen LogP contribution is -2.30. The molecule has 0 aliphatic rings. The highest BCUT2D eigenvalue weighted by Gasteiger charge is 2.12. The van der Waals surface area contributed by atoms with E-state index in [0.717, 1.165) is 18.8 Å². The predicted molar refractivity (Wildman–Crippen MR) is 143 cm³/mol. The van der Waals surface area contributed by atoms with E-state index in [-0.39, 0.29) is 5.69 Å². The first kappa shape index (κ1) is 28.2. The van der Waals surface area contributed by atoms with E-state index < -0.39 is 4.92 Å². The zero-order valence-electron chi connectivity index (χ0n) is 21.7. The Labute approximate surface area is 220 Å². The van der Waals surface area contributed by atoms with E-state index in [1.165, 1.54) is 38.5 Å². The van der Waals surface area contributed by atoms with Crippen LogP contribution in [0.25, 0.3) is 0 Å². The Bertz CT molecular complexity index is 1240. The van der Waals surface area contributed by atoms with E-state index in [0.29, 0.717) is 47.5 Å². The molecule has 0 amide bonds. The Morgan fingerprint density at radius 1 is 0.711 bits per heavy atom. The number of rotatable bonds is 14. The molecule has 0 aliphatic heterocycles. The van der Waals surface area contributed by atoms with Crippen molar-refractivity contribution in [1.82, 2.24) is 0 Å². The second-order valence-electron chi connectivity index (χ2n) is 7.86. The number of benzene rings is 3. The molecule has 0 unspecified atom stereocenters. The number of hydrogen-bond donors (Lipinski definition) is 0. The Morgan fingerprint density at radius 3 is 1.55 bits per heavy atom. The molecule has 200 valence electrons. The standard InChI is InChI=1S/C26H30N6O6/c1-35-15-13-31(14-16-36-2)21-9-5-19(6-10-21)27-29-23-17-26(38-4)24(18-25(23)37-3)30-28-20-7-11-22(12-8-20)32(33)34/h5-12,17-18H,13-16H2,1-4H3/b29-27+,30-28+. The number of ether oxygens (including phenoxy) is 4. The molecule has 0 atom stereocenters. The predicted octanol–water partition coefficient (Wildman–Crippen LogP) is 6.54. The van der Waals surface area contributed by atoms with Crippen molar-refractivity contribution < 1.29 is 23.9 Å². The molecule has 0 aromatic heterocycles. The number of anilines is 1. The lowest BCUT2D eigenvalue weighted by Gasteiger charge is -2.24. The summed E-state index contributed by atoms with van der Waals surface area (Å²) in [6, 6.07) is 16.7. The summed E-state index contributed by atoms with van der Waals surface area (Å²) < 4.78 is 21.4. The molecule has 0 saturated heterocycles. The molecular weight excluding hydrogens is 492 g/mol. The van der Waals surface area contributed by atoms with Crippen LogP contribution in [0.5, 0.6) is 11.5 Å². The van der Waals surface area contributed by atoms with Gasteiger partial charge in [0, 0.05) is 57.3 Å². The molecular formula is C26H30N6O6. The number of nitrogens with zero attached hydrogens (tertiary/aromatic N) is 6. The molecule has 3 aromatic rings. The third-order valence-corrected chi connectivity index (χ3v) is 5.43. The quantitative estimate of drug-likeness (QED) is 0.133. The maximum atomic E-state index is 10.8. The van der Waals surface area contributed by atoms with Crippen LogP contribution in [0.1, 0.15) is 0 Å². The largest absolute Gasteiger partial charge is 0.494 e. The molecule has 0 bridgehead atoms. The van der Waals surface area contributed by atoms with Gasteiger partial charge in [-0.2, -0.15) is 10.2 Å². The fourth-order valence-corrected chi connectivity index (χ4v) is 3.39. The summed E-state index contributed by atoms with van der Waals surface area (Å²) in [5, 5.41) is 27.9. The van der Waals surface area contributed by atoms with Gasteiger partial charge in [-0.25, -0.2) is 0 Å². The summed E-state index contributed by atoms with van der Waals surface area (Å²) in [5.74, 6) is 0.835. The molecule has 3 aromatic carbocycles. The Balaban J connectivity index is 1.79. The lowest BCUT2D eigenvalue weighted by atomic mass is 10.2. The fraction of sp³-hybridized carbons (Fsp3) is 0.308. The molecule has 0 radical (unpaired) electrons. The van der Waals surface area contributed by atoms with E-state index >= 15 is 0 Å². The van der Waals surface area contributed by atoms with Crippen molar-refractivity contribution in [2.24, 2.45) is 20.5 Å². The summed E-state index contributed by atoms with van der Waals surface area (Å²) in [4.78, 5) is 12.5. The smallest absolute Gasteiger partial charge is 0.269 e. The first-order valence-electron chi connectivity index (χ1n) is 11.7. The molecule has 3 rings (SSSR count). The zero-order chi connectivity index (χ0) is 27.3. The van der Waals surface area contributed by atoms with Crippen LogP contribution in [-0.4, -0.2) is 59.7 Å². The van der Waals surface area contributed by atoms with Gasteiger partial charge in [0.05, 0.1) is 43.7 Å². The normalized spacial score (nSPS) is 11.3. The van der Waals surface area contributed by atoms with Crippen LogP contribution in [0.2, 0.25) is 0 Å². The van der Waals surface area contributed by atoms with Gasteiger partial charge in [0.2, 0.25) is 0 Å². The van der Waals surface area contributed by atoms with E-state index in [1.54, 1.807) is 26.4 Å². The number of azo groups is 2. The maximum Gasteiger partial charge on any atom is 0.269 e. The highest BCUT2D eigenvalue weighted by molar-refractivity contribution is 5.66. The monoisotopic (exact) mass is 522 g/mol. The van der Waals surface area contributed by atoms with Crippen LogP contribution >= 0.6 is 0 Å². The average molecular weight is 523 g/mol. The number of nitro benzene ring substituents is 1. The molecule has 0 saturated carbocycles. The van der Waals surface area contributed by atoms with Crippen molar-refractivity contribution in [3.05, 3.63) is 70.8 Å². The molecule has 0 spiro atoms. The highest BCUT2D eigenvalue weighted by atomic mass is 16.6. The van der Waals surface area contributed by atoms with Gasteiger partial charge in [-0.15, -0.1) is 10.2 Å². The first-order valence-corrected chi connectivity index (χ1v) is 11.7. The van der Waals surface area contributed by atoms with Crippen LogP contribution in [0.4, 0.5) is 34.1 Å². The minimum absolute atomic E-state index is 0.0259. The van der Waals surface area contributed by atoms with Crippen molar-refractivity contribution in [2.75, 3.05) is 59.6 Å². The highest BCUT2D eigenvalue weighted by Crippen LogP contribution is 2.41. The van der Waals surface area contributed by atoms with Gasteiger partial charge in [0.15, 0.2) is 0 Å². The fourth-order valence-electron chi connectivity index (χ4n) is 3.39. The molecule has 12 heteroatoms. The van der Waals surface area contributed by atoms with E-state index in [1.807, 2.05) is 24.3 Å². The van der Waals surface area contributed by atoms with E-state index in [4.69, 9.17) is 18.9 Å². The van der Waals surface area contributed by atoms with Crippen LogP contribution in [-0.2, 0) is 9.47 Å². The van der Waals surface area contributed by atoms with Crippen molar-refractivity contribution in [3.8, 4) is 11.5 Å². The van der Waals surface area contributed by atoms with Crippen molar-refractivity contribution in [2.45, 2.75) is 0 Å². The zero-order valence-corrected chi connectivity index (χ0v) is 21.7. The van der Waals surface area contributed by atoms with Gasteiger partial charge in [0.25, 0.3) is 5.69 Å². The summed E-state index contributed by atoms with van der Waals surface area (Å²) in [6.07, 6.45) is 0. The average Bonchev–Trinajstić information content (AvgIpc) is 2.95.